The van der Waals surface area contributed by atoms with Crippen molar-refractivity contribution in [1.82, 2.24) is 10.3 Å². The number of aryl methyl sites for hydroxylation is 1. The van der Waals surface area contributed by atoms with E-state index in [2.05, 4.69) is 35.1 Å². The highest BCUT2D eigenvalue weighted by Gasteiger charge is 2.08. The van der Waals surface area contributed by atoms with Gasteiger partial charge in [0.05, 0.1) is 6.10 Å². The van der Waals surface area contributed by atoms with Gasteiger partial charge in [-0.05, 0) is 38.0 Å². The van der Waals surface area contributed by atoms with Crippen molar-refractivity contribution < 1.29 is 5.11 Å². The molecule has 0 radical (unpaired) electrons. The fourth-order valence-electron chi connectivity index (χ4n) is 2.34. The molecular formula is C19H27N3O. The number of rotatable bonds is 7. The summed E-state index contributed by atoms with van der Waals surface area (Å²) in [4.78, 5) is 6.63. The quantitative estimate of drug-likeness (QED) is 0.825. The molecule has 0 fully saturated rings. The van der Waals surface area contributed by atoms with E-state index >= 15 is 0 Å². The fraction of sp³-hybridized carbons (Fsp3) is 0.421. The van der Waals surface area contributed by atoms with E-state index in [1.54, 1.807) is 0 Å². The molecule has 0 aliphatic heterocycles. The summed E-state index contributed by atoms with van der Waals surface area (Å²) in [7, 11) is 2.04. The Balaban J connectivity index is 1.84. The molecular weight excluding hydrogens is 286 g/mol. The standard InChI is InChI=1S/C19H27N3O/c1-14(2)22(4)19-9-8-16(12-21-19)11-20-13-18(23)17-7-5-6-15(3)10-17/h5-10,12,14,18,20,23H,11,13H2,1-4H3. The summed E-state index contributed by atoms with van der Waals surface area (Å²) in [5.41, 5.74) is 3.22. The summed E-state index contributed by atoms with van der Waals surface area (Å²) in [5.74, 6) is 0.976. The third-order valence-electron chi connectivity index (χ3n) is 4.04. The van der Waals surface area contributed by atoms with Crippen LogP contribution in [0, 0.1) is 6.92 Å². The zero-order chi connectivity index (χ0) is 16.8. The van der Waals surface area contributed by atoms with E-state index in [-0.39, 0.29) is 0 Å². The van der Waals surface area contributed by atoms with E-state index in [9.17, 15) is 5.11 Å². The van der Waals surface area contributed by atoms with Gasteiger partial charge in [0.1, 0.15) is 5.82 Å². The maximum Gasteiger partial charge on any atom is 0.128 e. The molecule has 4 heteroatoms. The smallest absolute Gasteiger partial charge is 0.128 e. The van der Waals surface area contributed by atoms with E-state index in [4.69, 9.17) is 0 Å². The minimum absolute atomic E-state index is 0.427. The van der Waals surface area contributed by atoms with E-state index in [0.717, 1.165) is 22.5 Å². The van der Waals surface area contributed by atoms with Crippen LogP contribution in [-0.2, 0) is 6.54 Å². The highest BCUT2D eigenvalue weighted by molar-refractivity contribution is 5.39. The minimum Gasteiger partial charge on any atom is -0.387 e. The lowest BCUT2D eigenvalue weighted by molar-refractivity contribution is 0.174. The monoisotopic (exact) mass is 313 g/mol. The molecule has 0 saturated heterocycles. The van der Waals surface area contributed by atoms with Crippen LogP contribution in [0.2, 0.25) is 0 Å². The molecule has 1 aromatic heterocycles. The molecule has 124 valence electrons. The maximum atomic E-state index is 10.2. The molecule has 1 atom stereocenters. The largest absolute Gasteiger partial charge is 0.387 e. The summed E-state index contributed by atoms with van der Waals surface area (Å²) in [6, 6.07) is 12.5. The van der Waals surface area contributed by atoms with Gasteiger partial charge in [-0.2, -0.15) is 0 Å². The average molecular weight is 313 g/mol. The molecule has 0 aliphatic rings. The Hall–Kier alpha value is -1.91. The Morgan fingerprint density at radius 1 is 1.22 bits per heavy atom. The predicted molar refractivity (Wildman–Crippen MR) is 95.6 cm³/mol. The van der Waals surface area contributed by atoms with Crippen molar-refractivity contribution in [3.8, 4) is 0 Å². The first-order valence-corrected chi connectivity index (χ1v) is 8.10. The molecule has 23 heavy (non-hydrogen) atoms. The van der Waals surface area contributed by atoms with E-state index in [1.807, 2.05) is 50.5 Å². The van der Waals surface area contributed by atoms with E-state index in [1.165, 1.54) is 0 Å². The molecule has 1 aromatic carbocycles. The van der Waals surface area contributed by atoms with Crippen LogP contribution < -0.4 is 10.2 Å². The SMILES string of the molecule is Cc1cccc(C(O)CNCc2ccc(N(C)C(C)C)nc2)c1. The van der Waals surface area contributed by atoms with Crippen molar-refractivity contribution >= 4 is 5.82 Å². The number of aromatic nitrogens is 1. The first kappa shape index (κ1) is 17.4. The molecule has 0 aliphatic carbocycles. The molecule has 1 heterocycles. The van der Waals surface area contributed by atoms with Crippen molar-refractivity contribution in [2.45, 2.75) is 39.5 Å². The first-order chi connectivity index (χ1) is 11.0. The fourth-order valence-corrected chi connectivity index (χ4v) is 2.34. The van der Waals surface area contributed by atoms with Crippen LogP contribution in [0.15, 0.2) is 42.6 Å². The van der Waals surface area contributed by atoms with Crippen LogP contribution in [0.4, 0.5) is 5.82 Å². The van der Waals surface area contributed by atoms with Gasteiger partial charge in [-0.1, -0.05) is 35.9 Å². The summed E-state index contributed by atoms with van der Waals surface area (Å²) in [6.45, 7) is 7.54. The Bertz CT molecular complexity index is 610. The van der Waals surface area contributed by atoms with Gasteiger partial charge in [0.2, 0.25) is 0 Å². The van der Waals surface area contributed by atoms with Crippen molar-refractivity contribution in [3.05, 3.63) is 59.3 Å². The third kappa shape index (κ3) is 5.05. The highest BCUT2D eigenvalue weighted by Crippen LogP contribution is 2.14. The Labute approximate surface area is 139 Å². The number of hydrogen-bond donors (Lipinski definition) is 2. The second-order valence-electron chi connectivity index (χ2n) is 6.29. The summed E-state index contributed by atoms with van der Waals surface area (Å²) in [5, 5.41) is 13.5. The van der Waals surface area contributed by atoms with Crippen molar-refractivity contribution in [2.75, 3.05) is 18.5 Å². The number of pyridine rings is 1. The minimum atomic E-state index is -0.491. The van der Waals surface area contributed by atoms with Crippen LogP contribution >= 0.6 is 0 Å². The van der Waals surface area contributed by atoms with Gasteiger partial charge in [-0.3, -0.25) is 0 Å². The molecule has 1 unspecified atom stereocenters. The van der Waals surface area contributed by atoms with Crippen molar-refractivity contribution in [1.29, 1.82) is 0 Å². The summed E-state index contributed by atoms with van der Waals surface area (Å²) in [6.07, 6.45) is 1.40. The number of benzene rings is 1. The van der Waals surface area contributed by atoms with Gasteiger partial charge in [0, 0.05) is 32.4 Å². The van der Waals surface area contributed by atoms with E-state index < -0.39 is 6.10 Å². The highest BCUT2D eigenvalue weighted by atomic mass is 16.3. The van der Waals surface area contributed by atoms with Crippen LogP contribution in [-0.4, -0.2) is 29.7 Å². The Kier molecular flexibility index (Phi) is 6.13. The molecule has 2 N–H and O–H groups in total. The summed E-state index contributed by atoms with van der Waals surface area (Å²) < 4.78 is 0. The molecule has 4 nitrogen and oxygen atoms in total. The number of anilines is 1. The molecule has 0 spiro atoms. The topological polar surface area (TPSA) is 48.4 Å². The van der Waals surface area contributed by atoms with Crippen molar-refractivity contribution in [2.24, 2.45) is 0 Å². The van der Waals surface area contributed by atoms with Crippen LogP contribution in [0.5, 0.6) is 0 Å². The Morgan fingerprint density at radius 2 is 2.00 bits per heavy atom. The maximum absolute atomic E-state index is 10.2. The van der Waals surface area contributed by atoms with Crippen LogP contribution in [0.25, 0.3) is 0 Å². The second kappa shape index (κ2) is 8.09. The Morgan fingerprint density at radius 3 is 2.61 bits per heavy atom. The molecule has 0 bridgehead atoms. The number of nitrogens with zero attached hydrogens (tertiary/aromatic N) is 2. The van der Waals surface area contributed by atoms with Crippen LogP contribution in [0.1, 0.15) is 36.6 Å². The van der Waals surface area contributed by atoms with Gasteiger partial charge >= 0.3 is 0 Å². The van der Waals surface area contributed by atoms with Gasteiger partial charge in [-0.15, -0.1) is 0 Å². The second-order valence-corrected chi connectivity index (χ2v) is 6.29. The first-order valence-electron chi connectivity index (χ1n) is 8.10. The lowest BCUT2D eigenvalue weighted by Gasteiger charge is -2.22. The number of aliphatic hydroxyl groups is 1. The van der Waals surface area contributed by atoms with Gasteiger partial charge in [-0.25, -0.2) is 4.98 Å². The number of hydrogen-bond acceptors (Lipinski definition) is 4. The normalized spacial score (nSPS) is 12.4. The number of nitrogens with one attached hydrogen (secondary N) is 1. The van der Waals surface area contributed by atoms with Gasteiger partial charge in [0.25, 0.3) is 0 Å². The molecule has 0 saturated carbocycles. The molecule has 0 amide bonds. The zero-order valence-corrected chi connectivity index (χ0v) is 14.5. The van der Waals surface area contributed by atoms with Crippen LogP contribution in [0.3, 0.4) is 0 Å². The lowest BCUT2D eigenvalue weighted by Crippen LogP contribution is -2.26. The van der Waals surface area contributed by atoms with Crippen molar-refractivity contribution in [3.63, 3.8) is 0 Å². The van der Waals surface area contributed by atoms with Gasteiger partial charge in [0.15, 0.2) is 0 Å². The number of aliphatic hydroxyl groups excluding tert-OH is 1. The predicted octanol–water partition coefficient (Wildman–Crippen LogP) is 3.06. The zero-order valence-electron chi connectivity index (χ0n) is 14.5. The van der Waals surface area contributed by atoms with Gasteiger partial charge < -0.3 is 15.3 Å². The average Bonchev–Trinajstić information content (AvgIpc) is 2.54. The summed E-state index contributed by atoms with van der Waals surface area (Å²) >= 11 is 0. The molecule has 2 rings (SSSR count). The third-order valence-corrected chi connectivity index (χ3v) is 4.04. The van der Waals surface area contributed by atoms with E-state index in [0.29, 0.717) is 19.1 Å². The lowest BCUT2D eigenvalue weighted by atomic mass is 10.1. The molecule has 2 aromatic rings.